The normalized spacial score (nSPS) is 11.4. The zero-order valence-electron chi connectivity index (χ0n) is 13.8. The number of fused-ring (bicyclic) bond motifs is 5. The maximum absolute atomic E-state index is 10.9. The van der Waals surface area contributed by atoms with Crippen LogP contribution in [0.25, 0.3) is 43.7 Å². The van der Waals surface area contributed by atoms with E-state index in [9.17, 15) is 5.11 Å². The van der Waals surface area contributed by atoms with Crippen LogP contribution in [0.15, 0.2) is 83.3 Å². The van der Waals surface area contributed by atoms with Gasteiger partial charge in [-0.2, -0.15) is 0 Å². The molecule has 0 aliphatic carbocycles. The van der Waals surface area contributed by atoms with E-state index in [1.807, 2.05) is 66.7 Å². The van der Waals surface area contributed by atoms with Crippen LogP contribution in [0.1, 0.15) is 0 Å². The van der Waals surface area contributed by atoms with Gasteiger partial charge in [-0.15, -0.1) is 0 Å². The zero-order valence-corrected chi connectivity index (χ0v) is 15.4. The Morgan fingerprint density at radius 2 is 1.42 bits per heavy atom. The molecule has 0 unspecified atom stereocenters. The maximum atomic E-state index is 10.9. The molecule has 1 heterocycles. The number of para-hydroxylation sites is 1. The van der Waals surface area contributed by atoms with Crippen LogP contribution >= 0.6 is 15.9 Å². The number of rotatable bonds is 1. The third kappa shape index (κ3) is 2.28. The van der Waals surface area contributed by atoms with Crippen molar-refractivity contribution in [3.8, 4) is 17.0 Å². The lowest BCUT2D eigenvalue weighted by atomic mass is 9.94. The quantitative estimate of drug-likeness (QED) is 0.319. The molecule has 1 aromatic heterocycles. The van der Waals surface area contributed by atoms with Crippen molar-refractivity contribution in [3.63, 3.8) is 0 Å². The Morgan fingerprint density at radius 3 is 2.23 bits per heavy atom. The Morgan fingerprint density at radius 1 is 0.731 bits per heavy atom. The first kappa shape index (κ1) is 15.4. The van der Waals surface area contributed by atoms with Crippen LogP contribution in [0, 0.1) is 0 Å². The minimum Gasteiger partial charge on any atom is -0.507 e. The number of hydrogen-bond donors (Lipinski definition) is 1. The van der Waals surface area contributed by atoms with Crippen molar-refractivity contribution in [2.75, 3.05) is 0 Å². The molecular formula is C23H14BrNO. The lowest BCUT2D eigenvalue weighted by molar-refractivity contribution is 0.482. The minimum atomic E-state index is 0.259. The van der Waals surface area contributed by atoms with Gasteiger partial charge < -0.3 is 5.11 Å². The van der Waals surface area contributed by atoms with E-state index < -0.39 is 0 Å². The summed E-state index contributed by atoms with van der Waals surface area (Å²) in [5.41, 5.74) is 2.71. The summed E-state index contributed by atoms with van der Waals surface area (Å²) in [5.74, 6) is 0.259. The minimum absolute atomic E-state index is 0.259. The van der Waals surface area contributed by atoms with Gasteiger partial charge in [-0.3, -0.25) is 0 Å². The molecule has 2 nitrogen and oxygen atoms in total. The number of pyridine rings is 1. The van der Waals surface area contributed by atoms with Crippen LogP contribution in [0.3, 0.4) is 0 Å². The van der Waals surface area contributed by atoms with E-state index in [-0.39, 0.29) is 5.75 Å². The van der Waals surface area contributed by atoms with E-state index >= 15 is 0 Å². The Labute approximate surface area is 158 Å². The molecule has 26 heavy (non-hydrogen) atoms. The summed E-state index contributed by atoms with van der Waals surface area (Å²) in [5, 5.41) is 15.9. The van der Waals surface area contributed by atoms with Gasteiger partial charge in [0, 0.05) is 20.8 Å². The number of phenols is 1. The number of halogens is 1. The van der Waals surface area contributed by atoms with Gasteiger partial charge in [0.2, 0.25) is 0 Å². The van der Waals surface area contributed by atoms with Crippen LogP contribution in [0.5, 0.6) is 5.75 Å². The molecule has 5 rings (SSSR count). The molecule has 0 bridgehead atoms. The highest BCUT2D eigenvalue weighted by atomic mass is 79.9. The topological polar surface area (TPSA) is 33.1 Å². The van der Waals surface area contributed by atoms with Gasteiger partial charge in [0.1, 0.15) is 5.75 Å². The first-order chi connectivity index (χ1) is 12.7. The summed E-state index contributed by atoms with van der Waals surface area (Å²) in [4.78, 5) is 4.90. The van der Waals surface area contributed by atoms with Crippen LogP contribution in [-0.2, 0) is 0 Å². The van der Waals surface area contributed by atoms with Crippen LogP contribution < -0.4 is 0 Å². The third-order valence-electron chi connectivity index (χ3n) is 4.79. The summed E-state index contributed by atoms with van der Waals surface area (Å²) < 4.78 is 1.01. The van der Waals surface area contributed by atoms with E-state index in [0.717, 1.165) is 48.2 Å². The van der Waals surface area contributed by atoms with E-state index in [4.69, 9.17) is 4.98 Å². The molecule has 0 aliphatic rings. The summed E-state index contributed by atoms with van der Waals surface area (Å²) in [6.45, 7) is 0. The zero-order chi connectivity index (χ0) is 17.7. The summed E-state index contributed by atoms with van der Waals surface area (Å²) in [6, 6.07) is 26.1. The van der Waals surface area contributed by atoms with Crippen molar-refractivity contribution >= 4 is 48.4 Å². The maximum Gasteiger partial charge on any atom is 0.126 e. The highest BCUT2D eigenvalue weighted by Crippen LogP contribution is 2.41. The molecule has 0 aliphatic heterocycles. The molecule has 124 valence electrons. The highest BCUT2D eigenvalue weighted by Gasteiger charge is 2.16. The predicted molar refractivity (Wildman–Crippen MR) is 112 cm³/mol. The van der Waals surface area contributed by atoms with Crippen molar-refractivity contribution in [3.05, 3.63) is 83.3 Å². The van der Waals surface area contributed by atoms with Crippen molar-refractivity contribution in [2.24, 2.45) is 0 Å². The molecule has 5 aromatic rings. The number of phenolic OH excluding ortho intramolecular Hbond substituents is 1. The number of aromatic nitrogens is 1. The number of aromatic hydroxyl groups is 1. The molecule has 4 aromatic carbocycles. The molecule has 0 fully saturated rings. The van der Waals surface area contributed by atoms with Crippen LogP contribution in [-0.4, -0.2) is 10.1 Å². The molecule has 0 saturated carbocycles. The van der Waals surface area contributed by atoms with Crippen molar-refractivity contribution < 1.29 is 5.11 Å². The molecule has 0 spiro atoms. The summed E-state index contributed by atoms with van der Waals surface area (Å²) in [6.07, 6.45) is 0. The largest absolute Gasteiger partial charge is 0.507 e. The van der Waals surface area contributed by atoms with Crippen molar-refractivity contribution in [1.82, 2.24) is 4.98 Å². The van der Waals surface area contributed by atoms with Gasteiger partial charge in [0.25, 0.3) is 0 Å². The number of hydrogen-bond acceptors (Lipinski definition) is 2. The van der Waals surface area contributed by atoms with E-state index in [1.54, 1.807) is 0 Å². The smallest absolute Gasteiger partial charge is 0.126 e. The summed E-state index contributed by atoms with van der Waals surface area (Å²) >= 11 is 3.48. The fraction of sp³-hybridized carbons (Fsp3) is 0. The van der Waals surface area contributed by atoms with Gasteiger partial charge in [0.05, 0.1) is 16.6 Å². The SMILES string of the molecule is Oc1cc2ccccc2c2c1c(-c1ccc(Br)cc1)nc1ccccc12. The average Bonchev–Trinajstić information content (AvgIpc) is 2.68. The molecule has 0 atom stereocenters. The fourth-order valence-electron chi connectivity index (χ4n) is 3.63. The van der Waals surface area contributed by atoms with E-state index in [2.05, 4.69) is 28.1 Å². The van der Waals surface area contributed by atoms with Crippen molar-refractivity contribution in [2.45, 2.75) is 0 Å². The monoisotopic (exact) mass is 399 g/mol. The lowest BCUT2D eigenvalue weighted by Gasteiger charge is -2.14. The molecule has 1 N–H and O–H groups in total. The second-order valence-electron chi connectivity index (χ2n) is 6.35. The first-order valence-corrected chi connectivity index (χ1v) is 9.21. The number of benzene rings is 4. The van der Waals surface area contributed by atoms with Gasteiger partial charge in [-0.1, -0.05) is 70.5 Å². The third-order valence-corrected chi connectivity index (χ3v) is 5.32. The Kier molecular flexibility index (Phi) is 3.44. The molecule has 0 radical (unpaired) electrons. The fourth-order valence-corrected chi connectivity index (χ4v) is 3.89. The van der Waals surface area contributed by atoms with Gasteiger partial charge >= 0.3 is 0 Å². The van der Waals surface area contributed by atoms with Gasteiger partial charge in [-0.25, -0.2) is 4.98 Å². The molecule has 0 amide bonds. The highest BCUT2D eigenvalue weighted by molar-refractivity contribution is 9.10. The first-order valence-electron chi connectivity index (χ1n) is 8.41. The molecule has 3 heteroatoms. The Hall–Kier alpha value is -2.91. The van der Waals surface area contributed by atoms with Crippen LogP contribution in [0.2, 0.25) is 0 Å². The number of nitrogens with zero attached hydrogens (tertiary/aromatic N) is 1. The lowest BCUT2D eigenvalue weighted by Crippen LogP contribution is -1.91. The Bertz CT molecular complexity index is 1280. The van der Waals surface area contributed by atoms with Crippen molar-refractivity contribution in [1.29, 1.82) is 0 Å². The standard InChI is InChI=1S/C23H14BrNO/c24-16-11-9-14(10-12-16)23-22-20(26)13-15-5-1-2-6-17(15)21(22)18-7-3-4-8-19(18)25-23/h1-13,26H. The molecule has 0 saturated heterocycles. The van der Waals surface area contributed by atoms with E-state index in [1.165, 1.54) is 0 Å². The predicted octanol–water partition coefficient (Wildman–Crippen LogP) is 6.68. The summed E-state index contributed by atoms with van der Waals surface area (Å²) in [7, 11) is 0. The van der Waals surface area contributed by atoms with E-state index in [0.29, 0.717) is 0 Å². The van der Waals surface area contributed by atoms with Gasteiger partial charge in [-0.05, 0) is 35.0 Å². The Balaban J connectivity index is 2.06. The van der Waals surface area contributed by atoms with Gasteiger partial charge in [0.15, 0.2) is 0 Å². The molecular weight excluding hydrogens is 386 g/mol. The second-order valence-corrected chi connectivity index (χ2v) is 7.27. The second kappa shape index (κ2) is 5.82. The van der Waals surface area contributed by atoms with Crippen LogP contribution in [0.4, 0.5) is 0 Å². The average molecular weight is 400 g/mol.